The summed E-state index contributed by atoms with van der Waals surface area (Å²) >= 11 is 0. The maximum absolute atomic E-state index is 5.99. The number of fused-ring (bicyclic) bond motifs is 3. The van der Waals surface area contributed by atoms with Crippen molar-refractivity contribution in [2.45, 2.75) is 83.4 Å². The van der Waals surface area contributed by atoms with Crippen molar-refractivity contribution in [1.29, 1.82) is 0 Å². The summed E-state index contributed by atoms with van der Waals surface area (Å²) in [5, 5.41) is 7.03. The lowest BCUT2D eigenvalue weighted by Gasteiger charge is -2.21. The van der Waals surface area contributed by atoms with Gasteiger partial charge in [-0.25, -0.2) is 4.98 Å². The van der Waals surface area contributed by atoms with Crippen molar-refractivity contribution in [1.82, 2.24) is 19.3 Å². The van der Waals surface area contributed by atoms with E-state index in [0.29, 0.717) is 18.7 Å². The summed E-state index contributed by atoms with van der Waals surface area (Å²) in [5.41, 5.74) is 2.12. The minimum atomic E-state index is -1.08. The molecule has 4 rings (SSSR count). The Labute approximate surface area is 180 Å². The fraction of sp³-hybridized carbons (Fsp3) is 0.652. The van der Waals surface area contributed by atoms with Crippen molar-refractivity contribution < 1.29 is 9.47 Å². The molecule has 0 radical (unpaired) electrons. The molecule has 0 aromatic carbocycles. The zero-order valence-electron chi connectivity index (χ0n) is 19.0. The molecule has 0 aliphatic heterocycles. The first-order valence-corrected chi connectivity index (χ1v) is 15.2. The molecular weight excluding hydrogens is 392 g/mol. The Kier molecular flexibility index (Phi) is 6.48. The van der Waals surface area contributed by atoms with E-state index in [-0.39, 0.29) is 0 Å². The molecule has 0 spiro atoms. The van der Waals surface area contributed by atoms with Gasteiger partial charge in [-0.2, -0.15) is 0 Å². The molecule has 1 aliphatic carbocycles. The van der Waals surface area contributed by atoms with Gasteiger partial charge < -0.3 is 14.0 Å². The number of rotatable bonds is 7. The van der Waals surface area contributed by atoms with E-state index >= 15 is 0 Å². The highest BCUT2D eigenvalue weighted by Crippen LogP contribution is 2.36. The normalized spacial score (nSPS) is 16.8. The molecule has 7 heteroatoms. The molecule has 0 saturated heterocycles. The van der Waals surface area contributed by atoms with Gasteiger partial charge in [0.05, 0.1) is 24.1 Å². The van der Waals surface area contributed by atoms with E-state index in [0.717, 1.165) is 28.5 Å². The Morgan fingerprint density at radius 3 is 2.50 bits per heavy atom. The van der Waals surface area contributed by atoms with Gasteiger partial charge in [0.1, 0.15) is 12.4 Å². The predicted octanol–water partition coefficient (Wildman–Crippen LogP) is 5.99. The minimum Gasteiger partial charge on any atom is -0.479 e. The second-order valence-corrected chi connectivity index (χ2v) is 15.5. The van der Waals surface area contributed by atoms with Crippen LogP contribution < -0.4 is 4.74 Å². The number of ether oxygens (including phenoxy) is 2. The van der Waals surface area contributed by atoms with Crippen molar-refractivity contribution >= 4 is 30.0 Å². The smallest absolute Gasteiger partial charge is 0.242 e. The summed E-state index contributed by atoms with van der Waals surface area (Å²) in [6.07, 6.45) is 12.9. The van der Waals surface area contributed by atoms with Crippen LogP contribution in [0.3, 0.4) is 0 Å². The number of aromatic nitrogens is 4. The summed E-state index contributed by atoms with van der Waals surface area (Å²) in [5.74, 6) is 0.681. The average Bonchev–Trinajstić information content (AvgIpc) is 3.25. The van der Waals surface area contributed by atoms with Crippen LogP contribution in [0.1, 0.15) is 51.0 Å². The van der Waals surface area contributed by atoms with Gasteiger partial charge in [-0.1, -0.05) is 51.7 Å². The van der Waals surface area contributed by atoms with Crippen LogP contribution in [0.25, 0.3) is 21.9 Å². The van der Waals surface area contributed by atoms with Crippen molar-refractivity contribution in [2.75, 3.05) is 13.7 Å². The maximum Gasteiger partial charge on any atom is 0.242 e. The Balaban J connectivity index is 1.66. The van der Waals surface area contributed by atoms with Crippen LogP contribution >= 0.6 is 0 Å². The van der Waals surface area contributed by atoms with Crippen LogP contribution in [-0.2, 0) is 11.5 Å². The van der Waals surface area contributed by atoms with Crippen molar-refractivity contribution in [3.63, 3.8) is 0 Å². The Morgan fingerprint density at radius 2 is 1.80 bits per heavy atom. The third-order valence-electron chi connectivity index (χ3n) is 6.26. The Bertz CT molecular complexity index is 981. The highest BCUT2D eigenvalue weighted by Gasteiger charge is 2.22. The number of hydrogen-bond donors (Lipinski definition) is 0. The van der Waals surface area contributed by atoms with E-state index < -0.39 is 8.07 Å². The van der Waals surface area contributed by atoms with Crippen molar-refractivity contribution in [3.05, 3.63) is 18.5 Å². The molecule has 1 fully saturated rings. The zero-order chi connectivity index (χ0) is 21.1. The molecule has 1 saturated carbocycles. The Morgan fingerprint density at radius 1 is 1.07 bits per heavy atom. The average molecular weight is 429 g/mol. The standard InChI is InChI=1S/C23H36N4O2Si/c1-28-23-20-16-24-22-19(12-13-26(22)17-29-14-15-30(2,3)4)21(20)27(25-23)18-10-8-6-5-7-9-11-18/h12-13,16,18H,5-11,14-15,17H2,1-4H3. The summed E-state index contributed by atoms with van der Waals surface area (Å²) < 4.78 is 16.0. The highest BCUT2D eigenvalue weighted by atomic mass is 28.3. The van der Waals surface area contributed by atoms with E-state index in [4.69, 9.17) is 19.6 Å². The second-order valence-electron chi connectivity index (χ2n) is 9.84. The maximum atomic E-state index is 5.99. The lowest BCUT2D eigenvalue weighted by atomic mass is 9.96. The van der Waals surface area contributed by atoms with Gasteiger partial charge in [0.2, 0.25) is 5.88 Å². The molecule has 0 amide bonds. The SMILES string of the molecule is COc1nn(C2CCCCCCC2)c2c1cnc1c2ccn1COCC[Si](C)(C)C. The molecule has 6 nitrogen and oxygen atoms in total. The number of pyridine rings is 1. The van der Waals surface area contributed by atoms with Crippen LogP contribution in [0.15, 0.2) is 18.5 Å². The first-order chi connectivity index (χ1) is 14.5. The van der Waals surface area contributed by atoms with Crippen LogP contribution in [-0.4, -0.2) is 41.1 Å². The molecule has 0 bridgehead atoms. The molecule has 1 aliphatic rings. The first-order valence-electron chi connectivity index (χ1n) is 11.5. The van der Waals surface area contributed by atoms with Crippen molar-refractivity contribution in [2.24, 2.45) is 0 Å². The van der Waals surface area contributed by atoms with Gasteiger partial charge in [0.15, 0.2) is 0 Å². The van der Waals surface area contributed by atoms with Gasteiger partial charge in [-0.15, -0.1) is 5.10 Å². The van der Waals surface area contributed by atoms with Crippen LogP contribution in [0.2, 0.25) is 25.7 Å². The number of nitrogens with zero attached hydrogens (tertiary/aromatic N) is 4. The molecule has 0 N–H and O–H groups in total. The lowest BCUT2D eigenvalue weighted by molar-refractivity contribution is 0.0899. The summed E-state index contributed by atoms with van der Waals surface area (Å²) in [4.78, 5) is 4.76. The largest absolute Gasteiger partial charge is 0.479 e. The second kappa shape index (κ2) is 9.10. The summed E-state index contributed by atoms with van der Waals surface area (Å²) in [7, 11) is 0.620. The molecule has 164 valence electrons. The first kappa shape index (κ1) is 21.4. The quantitative estimate of drug-likeness (QED) is 0.342. The van der Waals surface area contributed by atoms with Gasteiger partial charge in [-0.3, -0.25) is 4.68 Å². The third kappa shape index (κ3) is 4.57. The number of methoxy groups -OCH3 is 1. The monoisotopic (exact) mass is 428 g/mol. The van der Waals surface area contributed by atoms with Gasteiger partial charge in [0, 0.05) is 32.5 Å². The summed E-state index contributed by atoms with van der Waals surface area (Å²) in [6.45, 7) is 8.49. The van der Waals surface area contributed by atoms with E-state index in [1.165, 1.54) is 51.0 Å². The molecule has 30 heavy (non-hydrogen) atoms. The van der Waals surface area contributed by atoms with Crippen molar-refractivity contribution in [3.8, 4) is 5.88 Å². The number of hydrogen-bond acceptors (Lipinski definition) is 4. The van der Waals surface area contributed by atoms with Crippen LogP contribution in [0.5, 0.6) is 5.88 Å². The highest BCUT2D eigenvalue weighted by molar-refractivity contribution is 6.76. The van der Waals surface area contributed by atoms with Crippen LogP contribution in [0, 0.1) is 0 Å². The molecule has 3 aromatic rings. The molecule has 3 heterocycles. The minimum absolute atomic E-state index is 0.429. The Hall–Kier alpha value is -1.86. The van der Waals surface area contributed by atoms with Gasteiger partial charge in [-0.05, 0) is 25.0 Å². The van der Waals surface area contributed by atoms with Crippen LogP contribution in [0.4, 0.5) is 0 Å². The third-order valence-corrected chi connectivity index (χ3v) is 7.96. The van der Waals surface area contributed by atoms with E-state index in [2.05, 4.69) is 41.2 Å². The predicted molar refractivity (Wildman–Crippen MR) is 125 cm³/mol. The van der Waals surface area contributed by atoms with E-state index in [1.54, 1.807) is 7.11 Å². The fourth-order valence-electron chi connectivity index (χ4n) is 4.47. The molecular formula is C23H36N4O2Si. The fourth-order valence-corrected chi connectivity index (χ4v) is 5.23. The van der Waals surface area contributed by atoms with Gasteiger partial charge >= 0.3 is 0 Å². The lowest BCUT2D eigenvalue weighted by Crippen LogP contribution is -2.22. The molecule has 3 aromatic heterocycles. The van der Waals surface area contributed by atoms with E-state index in [1.807, 2.05) is 6.20 Å². The molecule has 0 atom stereocenters. The molecule has 0 unspecified atom stereocenters. The van der Waals surface area contributed by atoms with Gasteiger partial charge in [0.25, 0.3) is 0 Å². The summed E-state index contributed by atoms with van der Waals surface area (Å²) in [6, 6.07) is 3.77. The van der Waals surface area contributed by atoms with E-state index in [9.17, 15) is 0 Å². The topological polar surface area (TPSA) is 54.1 Å². The zero-order valence-corrected chi connectivity index (χ0v) is 20.0.